The lowest BCUT2D eigenvalue weighted by atomic mass is 10.2. The maximum absolute atomic E-state index is 5.95. The second-order valence-corrected chi connectivity index (χ2v) is 4.98. The standard InChI is InChI=1S/C15H15Cl2NO2/c1-2-19-15-6-3-11(18)7-10(15)9-20-12-4-5-13(16)14(17)8-12/h3-8H,2,9,18H2,1H3. The maximum Gasteiger partial charge on any atom is 0.126 e. The van der Waals surface area contributed by atoms with Crippen molar-refractivity contribution in [2.24, 2.45) is 0 Å². The molecule has 0 bridgehead atoms. The molecule has 0 saturated heterocycles. The molecule has 2 rings (SSSR count). The topological polar surface area (TPSA) is 44.5 Å². The Morgan fingerprint density at radius 3 is 2.50 bits per heavy atom. The van der Waals surface area contributed by atoms with E-state index in [0.29, 0.717) is 34.7 Å². The first kappa shape index (κ1) is 14.8. The van der Waals surface area contributed by atoms with E-state index in [-0.39, 0.29) is 0 Å². The molecular weight excluding hydrogens is 297 g/mol. The van der Waals surface area contributed by atoms with Crippen molar-refractivity contribution in [2.45, 2.75) is 13.5 Å². The summed E-state index contributed by atoms with van der Waals surface area (Å²) >= 11 is 11.8. The van der Waals surface area contributed by atoms with Crippen molar-refractivity contribution in [2.75, 3.05) is 12.3 Å². The second kappa shape index (κ2) is 6.73. The Bertz CT molecular complexity index is 602. The van der Waals surface area contributed by atoms with Gasteiger partial charge in [-0.3, -0.25) is 0 Å². The molecule has 0 aromatic heterocycles. The summed E-state index contributed by atoms with van der Waals surface area (Å²) in [6, 6.07) is 10.6. The van der Waals surface area contributed by atoms with E-state index >= 15 is 0 Å². The van der Waals surface area contributed by atoms with Gasteiger partial charge in [-0.15, -0.1) is 0 Å². The highest BCUT2D eigenvalue weighted by Gasteiger charge is 2.06. The van der Waals surface area contributed by atoms with E-state index in [0.717, 1.165) is 11.3 Å². The van der Waals surface area contributed by atoms with Gasteiger partial charge in [-0.25, -0.2) is 0 Å². The zero-order chi connectivity index (χ0) is 14.5. The van der Waals surface area contributed by atoms with E-state index in [2.05, 4.69) is 0 Å². The van der Waals surface area contributed by atoms with Gasteiger partial charge in [-0.1, -0.05) is 23.2 Å². The van der Waals surface area contributed by atoms with Gasteiger partial charge in [0.05, 0.1) is 16.7 Å². The molecule has 20 heavy (non-hydrogen) atoms. The summed E-state index contributed by atoms with van der Waals surface area (Å²) < 4.78 is 11.2. The highest BCUT2D eigenvalue weighted by atomic mass is 35.5. The van der Waals surface area contributed by atoms with Crippen LogP contribution in [0.5, 0.6) is 11.5 Å². The van der Waals surface area contributed by atoms with Crippen LogP contribution in [0.4, 0.5) is 5.69 Å². The van der Waals surface area contributed by atoms with Crippen LogP contribution in [0, 0.1) is 0 Å². The van der Waals surface area contributed by atoms with Crippen molar-refractivity contribution in [3.05, 3.63) is 52.0 Å². The van der Waals surface area contributed by atoms with Crippen LogP contribution in [0.15, 0.2) is 36.4 Å². The van der Waals surface area contributed by atoms with Gasteiger partial charge in [0.1, 0.15) is 18.1 Å². The quantitative estimate of drug-likeness (QED) is 0.824. The smallest absolute Gasteiger partial charge is 0.126 e. The fourth-order valence-corrected chi connectivity index (χ4v) is 2.02. The Kier molecular flexibility index (Phi) is 4.99. The third-order valence-corrected chi connectivity index (χ3v) is 3.41. The first-order valence-electron chi connectivity index (χ1n) is 6.19. The summed E-state index contributed by atoms with van der Waals surface area (Å²) in [6.07, 6.45) is 0. The normalized spacial score (nSPS) is 10.3. The lowest BCUT2D eigenvalue weighted by Crippen LogP contribution is -2.02. The Balaban J connectivity index is 2.13. The van der Waals surface area contributed by atoms with Crippen LogP contribution in [0.25, 0.3) is 0 Å². The van der Waals surface area contributed by atoms with Gasteiger partial charge in [-0.05, 0) is 37.3 Å². The van der Waals surface area contributed by atoms with Crippen molar-refractivity contribution in [1.82, 2.24) is 0 Å². The molecule has 5 heteroatoms. The number of ether oxygens (including phenoxy) is 2. The number of benzene rings is 2. The summed E-state index contributed by atoms with van der Waals surface area (Å²) in [4.78, 5) is 0. The average Bonchev–Trinajstić information content (AvgIpc) is 2.43. The molecular formula is C15H15Cl2NO2. The molecule has 0 heterocycles. The van der Waals surface area contributed by atoms with Gasteiger partial charge >= 0.3 is 0 Å². The van der Waals surface area contributed by atoms with Crippen LogP contribution in [0.3, 0.4) is 0 Å². The molecule has 0 aliphatic rings. The predicted octanol–water partition coefficient (Wildman–Crippen LogP) is 4.55. The van der Waals surface area contributed by atoms with Crippen molar-refractivity contribution in [3.63, 3.8) is 0 Å². The SMILES string of the molecule is CCOc1ccc(N)cc1COc1ccc(Cl)c(Cl)c1. The minimum absolute atomic E-state index is 0.346. The van der Waals surface area contributed by atoms with Gasteiger partial charge in [0.15, 0.2) is 0 Å². The van der Waals surface area contributed by atoms with Gasteiger partial charge in [0.2, 0.25) is 0 Å². The van der Waals surface area contributed by atoms with Crippen molar-refractivity contribution >= 4 is 28.9 Å². The van der Waals surface area contributed by atoms with E-state index in [4.69, 9.17) is 38.4 Å². The van der Waals surface area contributed by atoms with Crippen LogP contribution in [0.1, 0.15) is 12.5 Å². The predicted molar refractivity (Wildman–Crippen MR) is 82.8 cm³/mol. The molecule has 0 unspecified atom stereocenters. The van der Waals surface area contributed by atoms with E-state index in [1.54, 1.807) is 24.3 Å². The molecule has 2 N–H and O–H groups in total. The molecule has 0 fully saturated rings. The molecule has 0 amide bonds. The number of hydrogen-bond donors (Lipinski definition) is 1. The summed E-state index contributed by atoms with van der Waals surface area (Å²) in [5.41, 5.74) is 7.34. The first-order valence-corrected chi connectivity index (χ1v) is 6.94. The molecule has 0 aliphatic carbocycles. The lowest BCUT2D eigenvalue weighted by Gasteiger charge is -2.12. The van der Waals surface area contributed by atoms with Crippen molar-refractivity contribution in [1.29, 1.82) is 0 Å². The molecule has 0 aliphatic heterocycles. The van der Waals surface area contributed by atoms with Crippen LogP contribution in [-0.4, -0.2) is 6.61 Å². The van der Waals surface area contributed by atoms with Gasteiger partial charge < -0.3 is 15.2 Å². The first-order chi connectivity index (χ1) is 9.60. The van der Waals surface area contributed by atoms with E-state index in [9.17, 15) is 0 Å². The zero-order valence-corrected chi connectivity index (χ0v) is 12.5. The number of hydrogen-bond acceptors (Lipinski definition) is 3. The Labute approximate surface area is 128 Å². The molecule has 0 radical (unpaired) electrons. The highest BCUT2D eigenvalue weighted by Crippen LogP contribution is 2.28. The van der Waals surface area contributed by atoms with E-state index < -0.39 is 0 Å². The molecule has 2 aromatic rings. The fourth-order valence-electron chi connectivity index (χ4n) is 1.74. The van der Waals surface area contributed by atoms with E-state index in [1.165, 1.54) is 0 Å². The fraction of sp³-hybridized carbons (Fsp3) is 0.200. The summed E-state index contributed by atoms with van der Waals surface area (Å²) in [6.45, 7) is 2.86. The number of halogens is 2. The Morgan fingerprint density at radius 2 is 1.80 bits per heavy atom. The second-order valence-electron chi connectivity index (χ2n) is 4.16. The molecule has 0 spiro atoms. The van der Waals surface area contributed by atoms with Crippen LogP contribution in [0.2, 0.25) is 10.0 Å². The highest BCUT2D eigenvalue weighted by molar-refractivity contribution is 6.42. The largest absolute Gasteiger partial charge is 0.493 e. The maximum atomic E-state index is 5.95. The van der Waals surface area contributed by atoms with E-state index in [1.807, 2.05) is 19.1 Å². The van der Waals surface area contributed by atoms with Gasteiger partial charge in [0, 0.05) is 17.3 Å². The number of nitrogens with two attached hydrogens (primary N) is 1. The van der Waals surface area contributed by atoms with Crippen LogP contribution < -0.4 is 15.2 Å². The molecule has 106 valence electrons. The summed E-state index contributed by atoms with van der Waals surface area (Å²) in [5.74, 6) is 1.41. The number of anilines is 1. The third kappa shape index (κ3) is 3.71. The van der Waals surface area contributed by atoms with Crippen LogP contribution >= 0.6 is 23.2 Å². The molecule has 0 saturated carbocycles. The van der Waals surface area contributed by atoms with Crippen LogP contribution in [-0.2, 0) is 6.61 Å². The third-order valence-electron chi connectivity index (χ3n) is 2.67. The van der Waals surface area contributed by atoms with Crippen molar-refractivity contribution in [3.8, 4) is 11.5 Å². The monoisotopic (exact) mass is 311 g/mol. The summed E-state index contributed by atoms with van der Waals surface area (Å²) in [5, 5.41) is 0.958. The Morgan fingerprint density at radius 1 is 1.00 bits per heavy atom. The summed E-state index contributed by atoms with van der Waals surface area (Å²) in [7, 11) is 0. The van der Waals surface area contributed by atoms with Crippen molar-refractivity contribution < 1.29 is 9.47 Å². The minimum atomic E-state index is 0.346. The Hall–Kier alpha value is -1.58. The number of nitrogen functional groups attached to an aromatic ring is 1. The number of rotatable bonds is 5. The molecule has 2 aromatic carbocycles. The average molecular weight is 312 g/mol. The zero-order valence-electron chi connectivity index (χ0n) is 11.0. The van der Waals surface area contributed by atoms with Gasteiger partial charge in [-0.2, -0.15) is 0 Å². The molecule has 0 atom stereocenters. The van der Waals surface area contributed by atoms with Gasteiger partial charge in [0.25, 0.3) is 0 Å². The lowest BCUT2D eigenvalue weighted by molar-refractivity contribution is 0.286. The minimum Gasteiger partial charge on any atom is -0.493 e. The molecule has 3 nitrogen and oxygen atoms in total.